The van der Waals surface area contributed by atoms with Gasteiger partial charge in [-0.1, -0.05) is 41.9 Å². The average Bonchev–Trinajstić information content (AvgIpc) is 2.15. The summed E-state index contributed by atoms with van der Waals surface area (Å²) in [5.41, 5.74) is 0.637. The molecule has 1 atom stereocenters. The van der Waals surface area contributed by atoms with Crippen LogP contribution in [0.2, 0.25) is 0 Å². The molecule has 0 unspecified atom stereocenters. The molecular weight excluding hydrogens is 244 g/mol. The number of benzene rings is 1. The molecule has 1 aromatic carbocycles. The predicted octanol–water partition coefficient (Wildman–Crippen LogP) is 2.71. The Morgan fingerprint density at radius 2 is 2.07 bits per heavy atom. The Morgan fingerprint density at radius 3 is 2.57 bits per heavy atom. The first-order valence-corrected chi connectivity index (χ1v) is 5.29. The Morgan fingerprint density at radius 1 is 1.43 bits per heavy atom. The SMILES string of the molecule is CC(C)C(=O)[C@H](O)c1cccc(Br)c1. The van der Waals surface area contributed by atoms with E-state index in [1.807, 2.05) is 6.07 Å². The Bertz CT molecular complexity index is 334. The van der Waals surface area contributed by atoms with Crippen LogP contribution in [0.3, 0.4) is 0 Å². The van der Waals surface area contributed by atoms with Crippen molar-refractivity contribution >= 4 is 21.7 Å². The first-order chi connectivity index (χ1) is 6.52. The van der Waals surface area contributed by atoms with Crippen LogP contribution in [0.4, 0.5) is 0 Å². The molecule has 76 valence electrons. The topological polar surface area (TPSA) is 37.3 Å². The van der Waals surface area contributed by atoms with Crippen molar-refractivity contribution in [2.45, 2.75) is 20.0 Å². The Labute approximate surface area is 92.1 Å². The molecule has 0 aliphatic rings. The van der Waals surface area contributed by atoms with Crippen molar-refractivity contribution in [2.24, 2.45) is 5.92 Å². The molecule has 1 N–H and O–H groups in total. The fourth-order valence-electron chi connectivity index (χ4n) is 1.16. The van der Waals surface area contributed by atoms with E-state index in [1.54, 1.807) is 32.0 Å². The number of hydrogen-bond donors (Lipinski definition) is 1. The Kier molecular flexibility index (Phi) is 3.84. The molecule has 1 aromatic rings. The lowest BCUT2D eigenvalue weighted by Crippen LogP contribution is -2.17. The zero-order valence-corrected chi connectivity index (χ0v) is 9.78. The maximum Gasteiger partial charge on any atom is 0.168 e. The van der Waals surface area contributed by atoms with Gasteiger partial charge in [-0.05, 0) is 17.7 Å². The lowest BCUT2D eigenvalue weighted by Gasteiger charge is -2.12. The molecule has 0 aromatic heterocycles. The van der Waals surface area contributed by atoms with Gasteiger partial charge in [-0.15, -0.1) is 0 Å². The molecule has 0 spiro atoms. The van der Waals surface area contributed by atoms with Gasteiger partial charge in [0.1, 0.15) is 6.10 Å². The normalized spacial score (nSPS) is 12.9. The molecule has 3 heteroatoms. The van der Waals surface area contributed by atoms with Gasteiger partial charge in [-0.3, -0.25) is 4.79 Å². The fourth-order valence-corrected chi connectivity index (χ4v) is 1.57. The third-order valence-electron chi connectivity index (χ3n) is 2.00. The van der Waals surface area contributed by atoms with Crippen molar-refractivity contribution < 1.29 is 9.90 Å². The predicted molar refractivity (Wildman–Crippen MR) is 58.9 cm³/mol. The second kappa shape index (κ2) is 4.71. The molecule has 0 aliphatic heterocycles. The van der Waals surface area contributed by atoms with Crippen molar-refractivity contribution in [2.75, 3.05) is 0 Å². The van der Waals surface area contributed by atoms with E-state index in [1.165, 1.54) is 0 Å². The van der Waals surface area contributed by atoms with Crippen LogP contribution in [-0.2, 0) is 4.79 Å². The molecule has 0 heterocycles. The minimum atomic E-state index is -1.01. The van der Waals surface area contributed by atoms with Crippen molar-refractivity contribution in [3.05, 3.63) is 34.3 Å². The molecule has 1 rings (SSSR count). The number of aliphatic hydroxyl groups excluding tert-OH is 1. The summed E-state index contributed by atoms with van der Waals surface area (Å²) in [7, 11) is 0. The van der Waals surface area contributed by atoms with E-state index in [4.69, 9.17) is 0 Å². The second-order valence-electron chi connectivity index (χ2n) is 3.51. The van der Waals surface area contributed by atoms with E-state index < -0.39 is 6.10 Å². The van der Waals surface area contributed by atoms with Crippen LogP contribution >= 0.6 is 15.9 Å². The van der Waals surface area contributed by atoms with Gasteiger partial charge in [0.2, 0.25) is 0 Å². The standard InChI is InChI=1S/C11H13BrO2/c1-7(2)10(13)11(14)8-4-3-5-9(12)6-8/h3-7,11,14H,1-2H3/t11-/m1/s1. The summed E-state index contributed by atoms with van der Waals surface area (Å²) in [6.07, 6.45) is -1.01. The van der Waals surface area contributed by atoms with Crippen LogP contribution in [0, 0.1) is 5.92 Å². The summed E-state index contributed by atoms with van der Waals surface area (Å²) < 4.78 is 0.866. The molecule has 0 saturated carbocycles. The highest BCUT2D eigenvalue weighted by atomic mass is 79.9. The van der Waals surface area contributed by atoms with Crippen LogP contribution in [0.25, 0.3) is 0 Å². The number of carbonyl (C=O) groups excluding carboxylic acids is 1. The minimum absolute atomic E-state index is 0.149. The summed E-state index contributed by atoms with van der Waals surface area (Å²) in [5, 5.41) is 9.71. The van der Waals surface area contributed by atoms with E-state index in [0.717, 1.165) is 4.47 Å². The quantitative estimate of drug-likeness (QED) is 0.903. The lowest BCUT2D eigenvalue weighted by atomic mass is 9.98. The third-order valence-corrected chi connectivity index (χ3v) is 2.50. The number of ketones is 1. The largest absolute Gasteiger partial charge is 0.381 e. The van der Waals surface area contributed by atoms with E-state index >= 15 is 0 Å². The van der Waals surface area contributed by atoms with E-state index in [-0.39, 0.29) is 11.7 Å². The van der Waals surface area contributed by atoms with E-state index in [2.05, 4.69) is 15.9 Å². The third kappa shape index (κ3) is 2.66. The zero-order chi connectivity index (χ0) is 10.7. The van der Waals surface area contributed by atoms with Crippen molar-refractivity contribution in [3.63, 3.8) is 0 Å². The fraction of sp³-hybridized carbons (Fsp3) is 0.364. The summed E-state index contributed by atoms with van der Waals surface area (Å²) in [4.78, 5) is 11.5. The van der Waals surface area contributed by atoms with Gasteiger partial charge in [0, 0.05) is 10.4 Å². The Hall–Kier alpha value is -0.670. The van der Waals surface area contributed by atoms with E-state index in [0.29, 0.717) is 5.56 Å². The number of halogens is 1. The monoisotopic (exact) mass is 256 g/mol. The molecule has 2 nitrogen and oxygen atoms in total. The van der Waals surface area contributed by atoms with E-state index in [9.17, 15) is 9.90 Å². The van der Waals surface area contributed by atoms with Gasteiger partial charge in [0.15, 0.2) is 5.78 Å². The van der Waals surface area contributed by atoms with Crippen LogP contribution < -0.4 is 0 Å². The van der Waals surface area contributed by atoms with Gasteiger partial charge in [-0.2, -0.15) is 0 Å². The summed E-state index contributed by atoms with van der Waals surface area (Å²) in [5.74, 6) is -0.299. The minimum Gasteiger partial charge on any atom is -0.381 e. The number of carbonyl (C=O) groups is 1. The smallest absolute Gasteiger partial charge is 0.168 e. The first kappa shape index (κ1) is 11.4. The summed E-state index contributed by atoms with van der Waals surface area (Å²) >= 11 is 3.29. The second-order valence-corrected chi connectivity index (χ2v) is 4.43. The molecule has 0 saturated heterocycles. The van der Waals surface area contributed by atoms with Crippen molar-refractivity contribution in [1.29, 1.82) is 0 Å². The maximum atomic E-state index is 11.5. The van der Waals surface area contributed by atoms with Gasteiger partial charge < -0.3 is 5.11 Å². The summed E-state index contributed by atoms with van der Waals surface area (Å²) in [6.45, 7) is 3.56. The average molecular weight is 257 g/mol. The number of rotatable bonds is 3. The Balaban J connectivity index is 2.89. The molecule has 14 heavy (non-hydrogen) atoms. The van der Waals surface area contributed by atoms with Crippen LogP contribution in [0.5, 0.6) is 0 Å². The maximum absolute atomic E-state index is 11.5. The number of Topliss-reactive ketones (excluding diaryl/α,β-unsaturated/α-hetero) is 1. The molecule has 0 aliphatic carbocycles. The first-order valence-electron chi connectivity index (χ1n) is 4.49. The van der Waals surface area contributed by atoms with Crippen LogP contribution in [-0.4, -0.2) is 10.9 Å². The van der Waals surface area contributed by atoms with Crippen LogP contribution in [0.1, 0.15) is 25.5 Å². The van der Waals surface area contributed by atoms with Crippen molar-refractivity contribution in [1.82, 2.24) is 0 Å². The summed E-state index contributed by atoms with van der Waals surface area (Å²) in [6, 6.07) is 7.16. The molecule has 0 bridgehead atoms. The lowest BCUT2D eigenvalue weighted by molar-refractivity contribution is -0.130. The van der Waals surface area contributed by atoms with Gasteiger partial charge in [0.05, 0.1) is 0 Å². The number of aliphatic hydroxyl groups is 1. The molecular formula is C11H13BrO2. The van der Waals surface area contributed by atoms with Crippen LogP contribution in [0.15, 0.2) is 28.7 Å². The highest BCUT2D eigenvalue weighted by Crippen LogP contribution is 2.20. The molecule has 0 fully saturated rings. The number of hydrogen-bond acceptors (Lipinski definition) is 2. The van der Waals surface area contributed by atoms with Crippen molar-refractivity contribution in [3.8, 4) is 0 Å². The highest BCUT2D eigenvalue weighted by Gasteiger charge is 2.19. The molecule has 0 amide bonds. The van der Waals surface area contributed by atoms with Gasteiger partial charge in [-0.25, -0.2) is 0 Å². The highest BCUT2D eigenvalue weighted by molar-refractivity contribution is 9.10. The molecule has 0 radical (unpaired) electrons. The zero-order valence-electron chi connectivity index (χ0n) is 8.20. The van der Waals surface area contributed by atoms with Gasteiger partial charge >= 0.3 is 0 Å². The van der Waals surface area contributed by atoms with Gasteiger partial charge in [0.25, 0.3) is 0 Å².